The summed E-state index contributed by atoms with van der Waals surface area (Å²) in [5.41, 5.74) is 7.58. The van der Waals surface area contributed by atoms with Crippen molar-refractivity contribution in [2.45, 2.75) is 6.42 Å². The molecule has 0 aliphatic carbocycles. The maximum Gasteiger partial charge on any atom is 0.231 e. The highest BCUT2D eigenvalue weighted by Gasteiger charge is 2.16. The number of aromatic hydroxyl groups is 1. The molecule has 2 aromatic carbocycles. The lowest BCUT2D eigenvalue weighted by Crippen LogP contribution is -2.30. The number of phenols is 1. The van der Waals surface area contributed by atoms with E-state index < -0.39 is 0 Å². The van der Waals surface area contributed by atoms with Crippen molar-refractivity contribution >= 4 is 28.8 Å². The lowest BCUT2D eigenvalue weighted by Gasteiger charge is -2.20. The van der Waals surface area contributed by atoms with Crippen LogP contribution in [0.15, 0.2) is 48.5 Å². The van der Waals surface area contributed by atoms with Crippen LogP contribution in [-0.4, -0.2) is 23.0 Å². The lowest BCUT2D eigenvalue weighted by atomic mass is 10.1. The molecule has 0 fully saturated rings. The number of para-hydroxylation sites is 2. The van der Waals surface area contributed by atoms with Gasteiger partial charge in [-0.1, -0.05) is 42.5 Å². The standard InChI is InChI=1S/C16H16N2O2S/c1-18(13-8-4-3-7-12(13)16(17)21)15(20)10-11-6-2-5-9-14(11)19/h2-9,19H,10H2,1H3,(H2,17,21). The van der Waals surface area contributed by atoms with E-state index in [9.17, 15) is 9.90 Å². The highest BCUT2D eigenvalue weighted by Crippen LogP contribution is 2.22. The molecular weight excluding hydrogens is 284 g/mol. The van der Waals surface area contributed by atoms with E-state index in [4.69, 9.17) is 18.0 Å². The summed E-state index contributed by atoms with van der Waals surface area (Å²) in [7, 11) is 1.67. The molecule has 0 radical (unpaired) electrons. The first-order valence-electron chi connectivity index (χ1n) is 6.43. The Morgan fingerprint density at radius 2 is 1.81 bits per heavy atom. The van der Waals surface area contributed by atoms with E-state index in [-0.39, 0.29) is 23.1 Å². The maximum absolute atomic E-state index is 12.4. The van der Waals surface area contributed by atoms with E-state index in [2.05, 4.69) is 0 Å². The number of nitrogens with two attached hydrogens (primary N) is 1. The fraction of sp³-hybridized carbons (Fsp3) is 0.125. The number of hydrogen-bond donors (Lipinski definition) is 2. The smallest absolute Gasteiger partial charge is 0.231 e. The zero-order valence-corrected chi connectivity index (χ0v) is 12.4. The summed E-state index contributed by atoms with van der Waals surface area (Å²) < 4.78 is 0. The van der Waals surface area contributed by atoms with Gasteiger partial charge in [-0.2, -0.15) is 0 Å². The van der Waals surface area contributed by atoms with E-state index in [0.29, 0.717) is 16.8 Å². The largest absolute Gasteiger partial charge is 0.508 e. The Hall–Kier alpha value is -2.40. The Labute approximate surface area is 128 Å². The second-order valence-corrected chi connectivity index (χ2v) is 5.08. The van der Waals surface area contributed by atoms with E-state index in [1.54, 1.807) is 43.4 Å². The van der Waals surface area contributed by atoms with Crippen LogP contribution in [0.4, 0.5) is 5.69 Å². The summed E-state index contributed by atoms with van der Waals surface area (Å²) in [5, 5.41) is 9.74. The second-order valence-electron chi connectivity index (χ2n) is 4.64. The third kappa shape index (κ3) is 3.38. The molecular formula is C16H16N2O2S. The zero-order chi connectivity index (χ0) is 15.4. The zero-order valence-electron chi connectivity index (χ0n) is 11.6. The molecule has 0 heterocycles. The predicted octanol–water partition coefficient (Wildman–Crippen LogP) is 2.23. The van der Waals surface area contributed by atoms with Crippen molar-refractivity contribution in [3.63, 3.8) is 0 Å². The molecule has 108 valence electrons. The van der Waals surface area contributed by atoms with E-state index >= 15 is 0 Å². The summed E-state index contributed by atoms with van der Waals surface area (Å²) >= 11 is 5.01. The molecule has 3 N–H and O–H groups in total. The fourth-order valence-electron chi connectivity index (χ4n) is 2.05. The van der Waals surface area contributed by atoms with Gasteiger partial charge in [-0.15, -0.1) is 0 Å². The summed E-state index contributed by atoms with van der Waals surface area (Å²) in [6.07, 6.45) is 0.106. The molecule has 1 amide bonds. The number of likely N-dealkylation sites (N-methyl/N-ethyl adjacent to an activating group) is 1. The van der Waals surface area contributed by atoms with Gasteiger partial charge in [0.05, 0.1) is 12.1 Å². The Kier molecular flexibility index (Phi) is 4.55. The molecule has 0 bridgehead atoms. The first kappa shape index (κ1) is 15.0. The first-order valence-corrected chi connectivity index (χ1v) is 6.84. The highest BCUT2D eigenvalue weighted by atomic mass is 32.1. The third-order valence-corrected chi connectivity index (χ3v) is 3.46. The monoisotopic (exact) mass is 300 g/mol. The predicted molar refractivity (Wildman–Crippen MR) is 87.6 cm³/mol. The van der Waals surface area contributed by atoms with Crippen LogP contribution in [0.1, 0.15) is 11.1 Å². The quantitative estimate of drug-likeness (QED) is 0.850. The average Bonchev–Trinajstić information content (AvgIpc) is 2.48. The van der Waals surface area contributed by atoms with Gasteiger partial charge in [0, 0.05) is 18.2 Å². The number of phenolic OH excluding ortho intramolecular Hbond substituents is 1. The maximum atomic E-state index is 12.4. The normalized spacial score (nSPS) is 10.1. The molecule has 0 saturated carbocycles. The van der Waals surface area contributed by atoms with Crippen molar-refractivity contribution in [2.24, 2.45) is 5.73 Å². The fourth-order valence-corrected chi connectivity index (χ4v) is 2.22. The topological polar surface area (TPSA) is 66.6 Å². The Morgan fingerprint density at radius 1 is 1.19 bits per heavy atom. The minimum Gasteiger partial charge on any atom is -0.508 e. The van der Waals surface area contributed by atoms with Gasteiger partial charge in [0.2, 0.25) is 5.91 Å². The molecule has 0 atom stereocenters. The van der Waals surface area contributed by atoms with E-state index in [0.717, 1.165) is 0 Å². The van der Waals surface area contributed by atoms with Crippen LogP contribution in [0.25, 0.3) is 0 Å². The molecule has 0 spiro atoms. The van der Waals surface area contributed by atoms with Gasteiger partial charge in [0.25, 0.3) is 0 Å². The lowest BCUT2D eigenvalue weighted by molar-refractivity contribution is -0.117. The van der Waals surface area contributed by atoms with Gasteiger partial charge < -0.3 is 15.7 Å². The number of rotatable bonds is 4. The van der Waals surface area contributed by atoms with Gasteiger partial charge in [0.15, 0.2) is 0 Å². The molecule has 2 aromatic rings. The molecule has 0 aromatic heterocycles. The van der Waals surface area contributed by atoms with Crippen LogP contribution in [0.2, 0.25) is 0 Å². The number of amides is 1. The van der Waals surface area contributed by atoms with Crippen LogP contribution in [-0.2, 0) is 11.2 Å². The Bertz CT molecular complexity index is 685. The van der Waals surface area contributed by atoms with E-state index in [1.807, 2.05) is 12.1 Å². The first-order chi connectivity index (χ1) is 10.0. The number of anilines is 1. The number of hydrogen-bond acceptors (Lipinski definition) is 3. The van der Waals surface area contributed by atoms with Crippen molar-refractivity contribution in [1.29, 1.82) is 0 Å². The third-order valence-electron chi connectivity index (χ3n) is 3.24. The van der Waals surface area contributed by atoms with Crippen molar-refractivity contribution in [2.75, 3.05) is 11.9 Å². The molecule has 0 saturated heterocycles. The Morgan fingerprint density at radius 3 is 2.48 bits per heavy atom. The molecule has 5 heteroatoms. The minimum absolute atomic E-state index is 0.106. The van der Waals surface area contributed by atoms with Crippen LogP contribution in [0, 0.1) is 0 Å². The number of benzene rings is 2. The van der Waals surface area contributed by atoms with Crippen LogP contribution in [0.5, 0.6) is 5.75 Å². The van der Waals surface area contributed by atoms with Gasteiger partial charge in [-0.3, -0.25) is 4.79 Å². The summed E-state index contributed by atoms with van der Waals surface area (Å²) in [4.78, 5) is 14.1. The SMILES string of the molecule is CN(C(=O)Cc1ccccc1O)c1ccccc1C(N)=S. The van der Waals surface area contributed by atoms with Gasteiger partial charge in [-0.05, 0) is 18.2 Å². The van der Waals surface area contributed by atoms with Gasteiger partial charge in [0.1, 0.15) is 10.7 Å². The van der Waals surface area contributed by atoms with Crippen molar-refractivity contribution in [3.8, 4) is 5.75 Å². The highest BCUT2D eigenvalue weighted by molar-refractivity contribution is 7.80. The Balaban J connectivity index is 2.24. The number of carbonyl (C=O) groups is 1. The average molecular weight is 300 g/mol. The molecule has 4 nitrogen and oxygen atoms in total. The minimum atomic E-state index is -0.153. The summed E-state index contributed by atoms with van der Waals surface area (Å²) in [6, 6.07) is 14.0. The number of nitrogens with zero attached hydrogens (tertiary/aromatic N) is 1. The van der Waals surface area contributed by atoms with Gasteiger partial charge >= 0.3 is 0 Å². The van der Waals surface area contributed by atoms with Crippen LogP contribution in [0.3, 0.4) is 0 Å². The summed E-state index contributed by atoms with van der Waals surface area (Å²) in [5.74, 6) is -0.0397. The molecule has 0 aliphatic heterocycles. The number of carbonyl (C=O) groups excluding carboxylic acids is 1. The summed E-state index contributed by atoms with van der Waals surface area (Å²) in [6.45, 7) is 0. The van der Waals surface area contributed by atoms with Crippen molar-refractivity contribution in [3.05, 3.63) is 59.7 Å². The van der Waals surface area contributed by atoms with E-state index in [1.165, 1.54) is 4.90 Å². The van der Waals surface area contributed by atoms with Crippen LogP contribution < -0.4 is 10.6 Å². The molecule has 0 unspecified atom stereocenters. The second kappa shape index (κ2) is 6.37. The van der Waals surface area contributed by atoms with Gasteiger partial charge in [-0.25, -0.2) is 0 Å². The molecule has 21 heavy (non-hydrogen) atoms. The van der Waals surface area contributed by atoms with Crippen molar-refractivity contribution in [1.82, 2.24) is 0 Å². The number of thiocarbonyl (C=S) groups is 1. The molecule has 0 aliphatic rings. The van der Waals surface area contributed by atoms with Crippen molar-refractivity contribution < 1.29 is 9.90 Å². The molecule has 2 rings (SSSR count). The van der Waals surface area contributed by atoms with Crippen LogP contribution >= 0.6 is 12.2 Å².